The Morgan fingerprint density at radius 2 is 1.64 bits per heavy atom. The average molecular weight is 188 g/mol. The molecular weight excluding hydrogens is 176 g/mol. The highest BCUT2D eigenvalue weighted by Gasteiger charge is 1.98. The van der Waals surface area contributed by atoms with Crippen molar-refractivity contribution in [1.29, 1.82) is 0 Å². The van der Waals surface area contributed by atoms with E-state index in [0.29, 0.717) is 0 Å². The second-order valence-electron chi connectivity index (χ2n) is 3.39. The Kier molecular flexibility index (Phi) is 2.26. The summed E-state index contributed by atoms with van der Waals surface area (Å²) in [6, 6.07) is 4.15. The van der Waals surface area contributed by atoms with E-state index in [1.54, 1.807) is 12.7 Å². The first-order valence-electron chi connectivity index (χ1n) is 4.50. The number of aromatic nitrogens is 4. The Labute approximate surface area is 82.6 Å². The van der Waals surface area contributed by atoms with Gasteiger partial charge in [0.1, 0.15) is 12.7 Å². The van der Waals surface area contributed by atoms with Crippen molar-refractivity contribution in [2.24, 2.45) is 0 Å². The predicted octanol–water partition coefficient (Wildman–Crippen LogP) is 1.34. The molecule has 0 saturated heterocycles. The Bertz CT molecular complexity index is 399. The van der Waals surface area contributed by atoms with E-state index in [4.69, 9.17) is 0 Å². The van der Waals surface area contributed by atoms with E-state index in [1.165, 1.54) is 5.56 Å². The minimum atomic E-state index is 0.803. The van der Waals surface area contributed by atoms with E-state index in [9.17, 15) is 0 Å². The zero-order valence-electron chi connectivity index (χ0n) is 8.31. The smallest absolute Gasteiger partial charge is 0.119 e. The second kappa shape index (κ2) is 3.57. The maximum absolute atomic E-state index is 4.32. The van der Waals surface area contributed by atoms with Gasteiger partial charge in [-0.2, -0.15) is 0 Å². The van der Waals surface area contributed by atoms with Crippen LogP contribution in [0.5, 0.6) is 0 Å². The molecule has 14 heavy (non-hydrogen) atoms. The molecule has 0 radical (unpaired) electrons. The summed E-state index contributed by atoms with van der Waals surface area (Å²) in [6.45, 7) is 4.81. The monoisotopic (exact) mass is 188 g/mol. The molecule has 0 aliphatic rings. The lowest BCUT2D eigenvalue weighted by Gasteiger charge is -2.04. The minimum absolute atomic E-state index is 0.803. The molecule has 0 saturated carbocycles. The molecule has 4 nitrogen and oxygen atoms in total. The van der Waals surface area contributed by atoms with Crippen molar-refractivity contribution < 1.29 is 0 Å². The van der Waals surface area contributed by atoms with E-state index in [0.717, 1.165) is 17.9 Å². The Morgan fingerprint density at radius 3 is 2.21 bits per heavy atom. The minimum Gasteiger partial charge on any atom is -0.316 e. The number of hydrogen-bond donors (Lipinski definition) is 0. The van der Waals surface area contributed by atoms with Gasteiger partial charge in [0, 0.05) is 11.4 Å². The Balaban J connectivity index is 2.25. The van der Waals surface area contributed by atoms with Crippen LogP contribution in [0, 0.1) is 13.8 Å². The molecule has 0 aromatic carbocycles. The van der Waals surface area contributed by atoms with Crippen LogP contribution in [0.25, 0.3) is 0 Å². The molecule has 2 heterocycles. The molecule has 2 aromatic rings. The lowest BCUT2D eigenvalue weighted by molar-refractivity contribution is 0.789. The number of hydrogen-bond acceptors (Lipinski definition) is 3. The highest BCUT2D eigenvalue weighted by molar-refractivity contribution is 5.20. The molecule has 0 fully saturated rings. The molecule has 0 atom stereocenters. The number of nitrogens with zero attached hydrogens (tertiary/aromatic N) is 4. The van der Waals surface area contributed by atoms with Crippen LogP contribution in [-0.2, 0) is 6.54 Å². The SMILES string of the molecule is Cc1cc(Cn2cnnc2)cc(C)n1. The van der Waals surface area contributed by atoms with Gasteiger partial charge in [0.2, 0.25) is 0 Å². The van der Waals surface area contributed by atoms with E-state index in [-0.39, 0.29) is 0 Å². The fraction of sp³-hybridized carbons (Fsp3) is 0.300. The van der Waals surface area contributed by atoms with Crippen LogP contribution in [0.4, 0.5) is 0 Å². The van der Waals surface area contributed by atoms with Crippen molar-refractivity contribution >= 4 is 0 Å². The summed E-state index contributed by atoms with van der Waals surface area (Å²) < 4.78 is 1.94. The first-order chi connectivity index (χ1) is 6.74. The summed E-state index contributed by atoms with van der Waals surface area (Å²) in [5.41, 5.74) is 3.33. The lowest BCUT2D eigenvalue weighted by atomic mass is 10.2. The van der Waals surface area contributed by atoms with Crippen LogP contribution in [0.1, 0.15) is 17.0 Å². The van der Waals surface area contributed by atoms with E-state index >= 15 is 0 Å². The molecular formula is C10H12N4. The Hall–Kier alpha value is -1.71. The molecule has 0 aliphatic heterocycles. The van der Waals surface area contributed by atoms with Gasteiger partial charge < -0.3 is 4.57 Å². The third-order valence-corrected chi connectivity index (χ3v) is 1.97. The van der Waals surface area contributed by atoms with Crippen LogP contribution in [0.2, 0.25) is 0 Å². The normalized spacial score (nSPS) is 10.4. The lowest BCUT2D eigenvalue weighted by Crippen LogP contribution is -1.98. The van der Waals surface area contributed by atoms with Crippen molar-refractivity contribution in [2.75, 3.05) is 0 Å². The molecule has 0 aliphatic carbocycles. The zero-order valence-corrected chi connectivity index (χ0v) is 8.31. The summed E-state index contributed by atoms with van der Waals surface area (Å²) in [4.78, 5) is 4.32. The summed E-state index contributed by atoms with van der Waals surface area (Å²) in [6.07, 6.45) is 3.43. The van der Waals surface area contributed by atoms with Crippen molar-refractivity contribution in [1.82, 2.24) is 19.7 Å². The van der Waals surface area contributed by atoms with Crippen LogP contribution in [-0.4, -0.2) is 19.7 Å². The summed E-state index contributed by atoms with van der Waals surface area (Å²) >= 11 is 0. The Morgan fingerprint density at radius 1 is 1.07 bits per heavy atom. The highest BCUT2D eigenvalue weighted by Crippen LogP contribution is 2.06. The molecule has 2 rings (SSSR count). The maximum atomic E-state index is 4.32. The number of pyridine rings is 1. The van der Waals surface area contributed by atoms with Crippen LogP contribution < -0.4 is 0 Å². The fourth-order valence-electron chi connectivity index (χ4n) is 1.53. The van der Waals surface area contributed by atoms with Crippen LogP contribution in [0.15, 0.2) is 24.8 Å². The summed E-state index contributed by atoms with van der Waals surface area (Å²) in [5.74, 6) is 0. The molecule has 0 N–H and O–H groups in total. The van der Waals surface area contributed by atoms with Gasteiger partial charge in [0.15, 0.2) is 0 Å². The van der Waals surface area contributed by atoms with Crippen molar-refractivity contribution in [3.63, 3.8) is 0 Å². The van der Waals surface area contributed by atoms with E-state index < -0.39 is 0 Å². The summed E-state index contributed by atoms with van der Waals surface area (Å²) in [7, 11) is 0. The zero-order chi connectivity index (χ0) is 9.97. The molecule has 0 amide bonds. The maximum Gasteiger partial charge on any atom is 0.119 e. The predicted molar refractivity (Wildman–Crippen MR) is 52.8 cm³/mol. The van der Waals surface area contributed by atoms with Gasteiger partial charge in [-0.3, -0.25) is 4.98 Å². The molecule has 0 spiro atoms. The third kappa shape index (κ3) is 1.96. The molecule has 2 aromatic heterocycles. The van der Waals surface area contributed by atoms with E-state index in [1.807, 2.05) is 18.4 Å². The van der Waals surface area contributed by atoms with Gasteiger partial charge in [-0.1, -0.05) is 0 Å². The molecule has 0 bridgehead atoms. The second-order valence-corrected chi connectivity index (χ2v) is 3.39. The van der Waals surface area contributed by atoms with Gasteiger partial charge in [-0.25, -0.2) is 0 Å². The van der Waals surface area contributed by atoms with Gasteiger partial charge in [-0.15, -0.1) is 10.2 Å². The number of aryl methyl sites for hydroxylation is 2. The molecule has 72 valence electrons. The highest BCUT2D eigenvalue weighted by atomic mass is 15.2. The van der Waals surface area contributed by atoms with Gasteiger partial charge >= 0.3 is 0 Å². The molecule has 4 heteroatoms. The van der Waals surface area contributed by atoms with Crippen LogP contribution >= 0.6 is 0 Å². The summed E-state index contributed by atoms with van der Waals surface area (Å²) in [5, 5.41) is 7.52. The average Bonchev–Trinajstić information content (AvgIpc) is 2.54. The van der Waals surface area contributed by atoms with Gasteiger partial charge in [0.25, 0.3) is 0 Å². The van der Waals surface area contributed by atoms with Crippen molar-refractivity contribution in [3.05, 3.63) is 41.7 Å². The van der Waals surface area contributed by atoms with E-state index in [2.05, 4.69) is 27.3 Å². The quantitative estimate of drug-likeness (QED) is 0.714. The van der Waals surface area contributed by atoms with Crippen molar-refractivity contribution in [2.45, 2.75) is 20.4 Å². The first-order valence-corrected chi connectivity index (χ1v) is 4.50. The third-order valence-electron chi connectivity index (χ3n) is 1.97. The standard InChI is InChI=1S/C10H12N4/c1-8-3-10(4-9(2)13-8)5-14-6-11-12-7-14/h3-4,6-7H,5H2,1-2H3. The van der Waals surface area contributed by atoms with Crippen LogP contribution in [0.3, 0.4) is 0 Å². The number of rotatable bonds is 2. The topological polar surface area (TPSA) is 43.6 Å². The van der Waals surface area contributed by atoms with Crippen molar-refractivity contribution in [3.8, 4) is 0 Å². The van der Waals surface area contributed by atoms with Gasteiger partial charge in [0.05, 0.1) is 6.54 Å². The molecule has 0 unspecified atom stereocenters. The fourth-order valence-corrected chi connectivity index (χ4v) is 1.53. The largest absolute Gasteiger partial charge is 0.316 e. The van der Waals surface area contributed by atoms with Gasteiger partial charge in [-0.05, 0) is 31.5 Å². The first kappa shape index (κ1) is 8.87.